The minimum absolute atomic E-state index is 0.0551. The van der Waals surface area contributed by atoms with Crippen LogP contribution in [0, 0.1) is 0 Å². The Morgan fingerprint density at radius 3 is 2.85 bits per heavy atom. The van der Waals surface area contributed by atoms with Gasteiger partial charge in [-0.2, -0.15) is 0 Å². The van der Waals surface area contributed by atoms with Crippen molar-refractivity contribution in [2.24, 2.45) is 0 Å². The summed E-state index contributed by atoms with van der Waals surface area (Å²) in [6, 6.07) is 8.08. The second kappa shape index (κ2) is 6.37. The summed E-state index contributed by atoms with van der Waals surface area (Å²) in [4.78, 5) is 14.7. The van der Waals surface area contributed by atoms with E-state index in [0.29, 0.717) is 0 Å². The number of benzene rings is 1. The van der Waals surface area contributed by atoms with Gasteiger partial charge >= 0.3 is 0 Å². The quantitative estimate of drug-likeness (QED) is 0.937. The number of likely N-dealkylation sites (tertiary alicyclic amines) is 1. The smallest absolute Gasteiger partial charge is 0.252 e. The molecule has 1 aromatic carbocycles. The number of hydrogen-bond donors (Lipinski definition) is 1. The lowest BCUT2D eigenvalue weighted by atomic mass is 10.1. The Labute approximate surface area is 123 Å². The van der Waals surface area contributed by atoms with Crippen molar-refractivity contribution in [1.29, 1.82) is 0 Å². The number of piperidine rings is 1. The Hall–Kier alpha value is -1.39. The molecule has 1 aromatic heterocycles. The van der Waals surface area contributed by atoms with Crippen LogP contribution in [0.5, 0.6) is 0 Å². The summed E-state index contributed by atoms with van der Waals surface area (Å²) in [5, 5.41) is 6.07. The highest BCUT2D eigenvalue weighted by molar-refractivity contribution is 7.17. The van der Waals surface area contributed by atoms with Crippen LogP contribution in [0.3, 0.4) is 0 Å². The molecule has 1 fully saturated rings. The minimum atomic E-state index is 0.0551. The first-order valence-corrected chi connectivity index (χ1v) is 8.19. The third-order valence-electron chi connectivity index (χ3n) is 3.89. The molecule has 1 N–H and O–H groups in total. The van der Waals surface area contributed by atoms with Crippen LogP contribution in [0.1, 0.15) is 29.6 Å². The summed E-state index contributed by atoms with van der Waals surface area (Å²) in [5.41, 5.74) is 0.809. The lowest BCUT2D eigenvalue weighted by Crippen LogP contribution is -2.37. The number of rotatable bonds is 4. The molecule has 3 nitrogen and oxygen atoms in total. The van der Waals surface area contributed by atoms with Crippen LogP contribution < -0.4 is 5.32 Å². The van der Waals surface area contributed by atoms with Gasteiger partial charge in [0.25, 0.3) is 5.91 Å². The Kier molecular flexibility index (Phi) is 4.33. The van der Waals surface area contributed by atoms with Crippen molar-refractivity contribution in [2.75, 3.05) is 26.2 Å². The summed E-state index contributed by atoms with van der Waals surface area (Å²) in [6.45, 7) is 4.06. The molecular weight excluding hydrogens is 268 g/mol. The van der Waals surface area contributed by atoms with E-state index in [1.54, 1.807) is 11.3 Å². The maximum atomic E-state index is 12.2. The lowest BCUT2D eigenvalue weighted by molar-refractivity contribution is 0.0948. The van der Waals surface area contributed by atoms with Gasteiger partial charge in [-0.15, -0.1) is 11.3 Å². The van der Waals surface area contributed by atoms with Gasteiger partial charge in [0.2, 0.25) is 0 Å². The van der Waals surface area contributed by atoms with Gasteiger partial charge in [0.15, 0.2) is 0 Å². The molecule has 2 heterocycles. The fourth-order valence-electron chi connectivity index (χ4n) is 2.76. The number of fused-ring (bicyclic) bond motifs is 1. The largest absolute Gasteiger partial charge is 0.351 e. The second-order valence-electron chi connectivity index (χ2n) is 5.30. The topological polar surface area (TPSA) is 32.3 Å². The third kappa shape index (κ3) is 3.02. The Balaban J connectivity index is 1.56. The summed E-state index contributed by atoms with van der Waals surface area (Å²) in [6.07, 6.45) is 3.94. The van der Waals surface area contributed by atoms with E-state index in [-0.39, 0.29) is 5.91 Å². The molecular formula is C16H20N2OS. The van der Waals surface area contributed by atoms with E-state index in [4.69, 9.17) is 0 Å². The van der Waals surface area contributed by atoms with Crippen LogP contribution in [0.4, 0.5) is 0 Å². The maximum Gasteiger partial charge on any atom is 0.252 e. The number of amides is 1. The average Bonchev–Trinajstić information content (AvgIpc) is 2.92. The molecule has 0 bridgehead atoms. The van der Waals surface area contributed by atoms with Crippen molar-refractivity contribution >= 4 is 27.3 Å². The van der Waals surface area contributed by atoms with Crippen LogP contribution >= 0.6 is 11.3 Å². The third-order valence-corrected chi connectivity index (χ3v) is 4.85. The van der Waals surface area contributed by atoms with Crippen molar-refractivity contribution < 1.29 is 4.79 Å². The lowest BCUT2D eigenvalue weighted by Gasteiger charge is -2.26. The molecule has 106 valence electrons. The van der Waals surface area contributed by atoms with Crippen molar-refractivity contribution in [2.45, 2.75) is 19.3 Å². The molecule has 4 heteroatoms. The van der Waals surface area contributed by atoms with Crippen molar-refractivity contribution in [3.8, 4) is 0 Å². The molecule has 20 heavy (non-hydrogen) atoms. The van der Waals surface area contributed by atoms with E-state index in [0.717, 1.165) is 24.0 Å². The summed E-state index contributed by atoms with van der Waals surface area (Å²) >= 11 is 1.63. The summed E-state index contributed by atoms with van der Waals surface area (Å²) in [5.74, 6) is 0.0551. The highest BCUT2D eigenvalue weighted by Crippen LogP contribution is 2.25. The van der Waals surface area contributed by atoms with Gasteiger partial charge in [-0.25, -0.2) is 0 Å². The van der Waals surface area contributed by atoms with Crippen LogP contribution in [-0.4, -0.2) is 37.0 Å². The number of hydrogen-bond acceptors (Lipinski definition) is 3. The number of carbonyl (C=O) groups is 1. The van der Waals surface area contributed by atoms with E-state index >= 15 is 0 Å². The van der Waals surface area contributed by atoms with Gasteiger partial charge in [-0.3, -0.25) is 4.79 Å². The average molecular weight is 288 g/mol. The van der Waals surface area contributed by atoms with Crippen molar-refractivity contribution in [3.63, 3.8) is 0 Å². The SMILES string of the molecule is O=C(NCCN1CCCCC1)c1csc2ccccc12. The first kappa shape index (κ1) is 13.6. The van der Waals surface area contributed by atoms with Crippen LogP contribution in [0.15, 0.2) is 29.6 Å². The normalized spacial score (nSPS) is 16.4. The number of nitrogens with zero attached hydrogens (tertiary/aromatic N) is 1. The van der Waals surface area contributed by atoms with E-state index in [9.17, 15) is 4.79 Å². The Bertz CT molecular complexity index is 587. The molecule has 0 spiro atoms. The fraction of sp³-hybridized carbons (Fsp3) is 0.438. The zero-order chi connectivity index (χ0) is 13.8. The van der Waals surface area contributed by atoms with E-state index in [1.165, 1.54) is 37.1 Å². The predicted octanol–water partition coefficient (Wildman–Crippen LogP) is 3.12. The zero-order valence-electron chi connectivity index (χ0n) is 11.6. The van der Waals surface area contributed by atoms with Crippen molar-refractivity contribution in [3.05, 3.63) is 35.2 Å². The maximum absolute atomic E-state index is 12.2. The zero-order valence-corrected chi connectivity index (χ0v) is 12.4. The van der Waals surface area contributed by atoms with Gasteiger partial charge < -0.3 is 10.2 Å². The predicted molar refractivity (Wildman–Crippen MR) is 84.4 cm³/mol. The molecule has 3 rings (SSSR count). The summed E-state index contributed by atoms with van der Waals surface area (Å²) in [7, 11) is 0. The molecule has 1 amide bonds. The Morgan fingerprint density at radius 1 is 1.20 bits per heavy atom. The van der Waals surface area contributed by atoms with Gasteiger partial charge in [0.05, 0.1) is 5.56 Å². The van der Waals surface area contributed by atoms with E-state index in [2.05, 4.69) is 16.3 Å². The first-order chi connectivity index (χ1) is 9.84. The molecule has 1 aliphatic heterocycles. The van der Waals surface area contributed by atoms with Gasteiger partial charge in [0, 0.05) is 28.6 Å². The van der Waals surface area contributed by atoms with Gasteiger partial charge in [0.1, 0.15) is 0 Å². The monoisotopic (exact) mass is 288 g/mol. The highest BCUT2D eigenvalue weighted by Gasteiger charge is 2.13. The second-order valence-corrected chi connectivity index (χ2v) is 6.21. The molecule has 0 unspecified atom stereocenters. The molecule has 1 aliphatic rings. The van der Waals surface area contributed by atoms with E-state index in [1.807, 2.05) is 23.6 Å². The number of thiophene rings is 1. The molecule has 1 saturated heterocycles. The van der Waals surface area contributed by atoms with E-state index < -0.39 is 0 Å². The number of carbonyl (C=O) groups excluding carboxylic acids is 1. The van der Waals surface area contributed by atoms with Gasteiger partial charge in [-0.05, 0) is 32.0 Å². The van der Waals surface area contributed by atoms with Gasteiger partial charge in [-0.1, -0.05) is 24.6 Å². The molecule has 0 aliphatic carbocycles. The highest BCUT2D eigenvalue weighted by atomic mass is 32.1. The molecule has 0 atom stereocenters. The molecule has 0 radical (unpaired) electrons. The van der Waals surface area contributed by atoms with Crippen molar-refractivity contribution in [1.82, 2.24) is 10.2 Å². The first-order valence-electron chi connectivity index (χ1n) is 7.31. The Morgan fingerprint density at radius 2 is 2.00 bits per heavy atom. The number of nitrogens with one attached hydrogen (secondary N) is 1. The minimum Gasteiger partial charge on any atom is -0.351 e. The molecule has 0 saturated carbocycles. The van der Waals surface area contributed by atoms with Crippen LogP contribution in [-0.2, 0) is 0 Å². The van der Waals surface area contributed by atoms with Crippen LogP contribution in [0.2, 0.25) is 0 Å². The standard InChI is InChI=1S/C16H20N2OS/c19-16(17-8-11-18-9-4-1-5-10-18)14-12-20-15-7-3-2-6-13(14)15/h2-3,6-7,12H,1,4-5,8-11H2,(H,17,19). The fourth-order valence-corrected chi connectivity index (χ4v) is 3.70. The van der Waals surface area contributed by atoms with Crippen LogP contribution in [0.25, 0.3) is 10.1 Å². The summed E-state index contributed by atoms with van der Waals surface area (Å²) < 4.78 is 1.17. The molecule has 2 aromatic rings.